The highest BCUT2D eigenvalue weighted by Crippen LogP contribution is 2.20. The van der Waals surface area contributed by atoms with Gasteiger partial charge in [-0.1, -0.05) is 48.5 Å². The molecule has 2 aromatic rings. The van der Waals surface area contributed by atoms with Crippen LogP contribution in [0, 0.1) is 0 Å². The fourth-order valence-corrected chi connectivity index (χ4v) is 2.15. The van der Waals surface area contributed by atoms with Crippen LogP contribution in [0.3, 0.4) is 0 Å². The summed E-state index contributed by atoms with van der Waals surface area (Å²) in [5.74, 6) is -0.239. The van der Waals surface area contributed by atoms with Crippen molar-refractivity contribution in [2.45, 2.75) is 13.3 Å². The van der Waals surface area contributed by atoms with Gasteiger partial charge in [0.1, 0.15) is 10.8 Å². The van der Waals surface area contributed by atoms with Gasteiger partial charge in [0.15, 0.2) is 5.78 Å². The lowest BCUT2D eigenvalue weighted by molar-refractivity contribution is -0.115. The van der Waals surface area contributed by atoms with Crippen molar-refractivity contribution < 1.29 is 9.59 Å². The van der Waals surface area contributed by atoms with Crippen molar-refractivity contribution in [3.8, 4) is 0 Å². The molecule has 5 heteroatoms. The number of Topliss-reactive ketones (excluding diaryl/α,β-unsaturated/α-hetero) is 1. The number of hydrogen-bond donors (Lipinski definition) is 1. The molecule has 2 rings (SSSR count). The summed E-state index contributed by atoms with van der Waals surface area (Å²) in [6.07, 6.45) is 0.303. The maximum absolute atomic E-state index is 12.6. The zero-order valence-corrected chi connectivity index (χ0v) is 13.6. The first-order chi connectivity index (χ1) is 11.0. The summed E-state index contributed by atoms with van der Waals surface area (Å²) in [5.41, 5.74) is 1.84. The highest BCUT2D eigenvalue weighted by atomic mass is 35.5. The highest BCUT2D eigenvalue weighted by molar-refractivity contribution is 6.29. The standard InChI is InChI=1S/C18H17ClN2O2/c1-12(2)15(22)10-11-20-14-8-9-16(19)21-17(14)18(23)13-6-4-3-5-7-13/h3-9,20H,1,10-11H2,2H3. The Balaban J connectivity index is 2.19. The number of hydrogen-bond acceptors (Lipinski definition) is 4. The molecule has 0 radical (unpaired) electrons. The van der Waals surface area contributed by atoms with E-state index in [1.54, 1.807) is 43.3 Å². The Morgan fingerprint density at radius 3 is 2.52 bits per heavy atom. The topological polar surface area (TPSA) is 59.1 Å². The lowest BCUT2D eigenvalue weighted by Gasteiger charge is -2.11. The van der Waals surface area contributed by atoms with E-state index in [2.05, 4.69) is 16.9 Å². The average Bonchev–Trinajstić information content (AvgIpc) is 2.56. The number of benzene rings is 1. The molecule has 0 saturated carbocycles. The van der Waals surface area contributed by atoms with Crippen molar-refractivity contribution in [3.63, 3.8) is 0 Å². The summed E-state index contributed by atoms with van der Waals surface area (Å²) in [6, 6.07) is 12.2. The molecular weight excluding hydrogens is 312 g/mol. The second kappa shape index (κ2) is 7.70. The van der Waals surface area contributed by atoms with Crippen molar-refractivity contribution in [2.24, 2.45) is 0 Å². The number of allylic oxidation sites excluding steroid dienone is 1. The molecule has 4 nitrogen and oxygen atoms in total. The molecule has 1 heterocycles. The van der Waals surface area contributed by atoms with Crippen LogP contribution in [0.5, 0.6) is 0 Å². The average molecular weight is 329 g/mol. The van der Waals surface area contributed by atoms with E-state index in [-0.39, 0.29) is 22.4 Å². The molecule has 0 aliphatic rings. The smallest absolute Gasteiger partial charge is 0.213 e. The van der Waals surface area contributed by atoms with E-state index >= 15 is 0 Å². The van der Waals surface area contributed by atoms with Gasteiger partial charge in [-0.3, -0.25) is 9.59 Å². The molecule has 23 heavy (non-hydrogen) atoms. The maximum atomic E-state index is 12.6. The lowest BCUT2D eigenvalue weighted by Crippen LogP contribution is -2.13. The SMILES string of the molecule is C=C(C)C(=O)CCNc1ccc(Cl)nc1C(=O)c1ccccc1. The van der Waals surface area contributed by atoms with Crippen molar-refractivity contribution in [1.29, 1.82) is 0 Å². The highest BCUT2D eigenvalue weighted by Gasteiger charge is 2.16. The third-order valence-electron chi connectivity index (χ3n) is 3.26. The van der Waals surface area contributed by atoms with Crippen molar-refractivity contribution in [3.05, 3.63) is 71.0 Å². The number of anilines is 1. The molecule has 0 aliphatic carbocycles. The normalized spacial score (nSPS) is 10.2. The third kappa shape index (κ3) is 4.50. The first kappa shape index (κ1) is 16.9. The van der Waals surface area contributed by atoms with Crippen LogP contribution >= 0.6 is 11.6 Å². The number of rotatable bonds is 7. The van der Waals surface area contributed by atoms with Gasteiger partial charge in [-0.2, -0.15) is 0 Å². The molecule has 0 fully saturated rings. The first-order valence-corrected chi connectivity index (χ1v) is 7.55. The second-order valence-electron chi connectivity index (χ2n) is 5.11. The lowest BCUT2D eigenvalue weighted by atomic mass is 10.1. The monoisotopic (exact) mass is 328 g/mol. The Morgan fingerprint density at radius 1 is 1.17 bits per heavy atom. The van der Waals surface area contributed by atoms with Gasteiger partial charge in [0.2, 0.25) is 5.78 Å². The van der Waals surface area contributed by atoms with Crippen LogP contribution < -0.4 is 5.32 Å². The van der Waals surface area contributed by atoms with Crippen LogP contribution in [-0.4, -0.2) is 23.1 Å². The van der Waals surface area contributed by atoms with E-state index in [1.165, 1.54) is 0 Å². The number of nitrogens with zero attached hydrogens (tertiary/aromatic N) is 1. The van der Waals surface area contributed by atoms with Crippen LogP contribution in [0.2, 0.25) is 5.15 Å². The molecule has 0 spiro atoms. The van der Waals surface area contributed by atoms with Crippen LogP contribution in [0.4, 0.5) is 5.69 Å². The van der Waals surface area contributed by atoms with Gasteiger partial charge >= 0.3 is 0 Å². The molecule has 1 aromatic carbocycles. The summed E-state index contributed by atoms with van der Waals surface area (Å²) in [5, 5.41) is 3.32. The Kier molecular flexibility index (Phi) is 5.66. The van der Waals surface area contributed by atoms with Gasteiger partial charge in [-0.05, 0) is 24.6 Å². The Hall–Kier alpha value is -2.46. The zero-order chi connectivity index (χ0) is 16.8. The molecule has 1 aromatic heterocycles. The number of pyridine rings is 1. The predicted molar refractivity (Wildman–Crippen MR) is 92.0 cm³/mol. The Morgan fingerprint density at radius 2 is 1.87 bits per heavy atom. The number of carbonyl (C=O) groups excluding carboxylic acids is 2. The van der Waals surface area contributed by atoms with Crippen LogP contribution in [0.15, 0.2) is 54.6 Å². The number of halogens is 1. The number of nitrogens with one attached hydrogen (secondary N) is 1. The Labute approximate surface area is 140 Å². The van der Waals surface area contributed by atoms with Gasteiger partial charge in [-0.15, -0.1) is 0 Å². The quantitative estimate of drug-likeness (QED) is 0.475. The van der Waals surface area contributed by atoms with Gasteiger partial charge in [0.05, 0.1) is 5.69 Å². The molecule has 0 bridgehead atoms. The predicted octanol–water partition coefficient (Wildman–Crippen LogP) is 3.91. The molecule has 0 aliphatic heterocycles. The van der Waals surface area contributed by atoms with Gasteiger partial charge in [0.25, 0.3) is 0 Å². The van der Waals surface area contributed by atoms with Crippen LogP contribution in [0.25, 0.3) is 0 Å². The number of aromatic nitrogens is 1. The summed E-state index contributed by atoms with van der Waals surface area (Å²) >= 11 is 5.92. The van der Waals surface area contributed by atoms with E-state index in [1.807, 2.05) is 6.07 Å². The molecular formula is C18H17ClN2O2. The minimum Gasteiger partial charge on any atom is -0.383 e. The van der Waals surface area contributed by atoms with Gasteiger partial charge < -0.3 is 5.32 Å². The van der Waals surface area contributed by atoms with E-state index in [0.717, 1.165) is 0 Å². The molecule has 1 N–H and O–H groups in total. The summed E-state index contributed by atoms with van der Waals surface area (Å²) < 4.78 is 0. The fourth-order valence-electron chi connectivity index (χ4n) is 2.00. The third-order valence-corrected chi connectivity index (χ3v) is 3.47. The molecule has 118 valence electrons. The minimum atomic E-state index is -0.221. The minimum absolute atomic E-state index is 0.0182. The summed E-state index contributed by atoms with van der Waals surface area (Å²) in [7, 11) is 0. The first-order valence-electron chi connectivity index (χ1n) is 7.18. The van der Waals surface area contributed by atoms with E-state index < -0.39 is 0 Å². The maximum Gasteiger partial charge on any atom is 0.213 e. The number of ketones is 2. The van der Waals surface area contributed by atoms with Gasteiger partial charge in [0, 0.05) is 18.5 Å². The molecule has 0 atom stereocenters. The van der Waals surface area contributed by atoms with Crippen LogP contribution in [0.1, 0.15) is 29.4 Å². The van der Waals surface area contributed by atoms with E-state index in [4.69, 9.17) is 11.6 Å². The summed E-state index contributed by atoms with van der Waals surface area (Å²) in [6.45, 7) is 5.69. The molecule has 0 saturated heterocycles. The van der Waals surface area contributed by atoms with E-state index in [9.17, 15) is 9.59 Å². The largest absolute Gasteiger partial charge is 0.383 e. The van der Waals surface area contributed by atoms with Crippen LogP contribution in [-0.2, 0) is 4.79 Å². The fraction of sp³-hybridized carbons (Fsp3) is 0.167. The zero-order valence-electron chi connectivity index (χ0n) is 12.8. The van der Waals surface area contributed by atoms with Crippen molar-refractivity contribution in [2.75, 3.05) is 11.9 Å². The molecule has 0 amide bonds. The number of carbonyl (C=O) groups is 2. The van der Waals surface area contributed by atoms with Crippen molar-refractivity contribution in [1.82, 2.24) is 4.98 Å². The van der Waals surface area contributed by atoms with Gasteiger partial charge in [-0.25, -0.2) is 4.98 Å². The Bertz CT molecular complexity index is 742. The second-order valence-corrected chi connectivity index (χ2v) is 5.49. The molecule has 0 unspecified atom stereocenters. The summed E-state index contributed by atoms with van der Waals surface area (Å²) in [4.78, 5) is 28.3. The van der Waals surface area contributed by atoms with E-state index in [0.29, 0.717) is 29.8 Å². The van der Waals surface area contributed by atoms with Crippen molar-refractivity contribution >= 4 is 28.9 Å².